The standard InChI is InChI=1S/C14H18BrF4NO/c1-2-6-20-13(5-7-21-9-14(17,18)19)11-8-10(15)3-4-12(11)16/h3-4,8,13,20H,2,5-7,9H2,1H3. The fourth-order valence-electron chi connectivity index (χ4n) is 1.86. The molecular formula is C14H18BrF4NO. The van der Waals surface area contributed by atoms with Crippen molar-refractivity contribution < 1.29 is 22.3 Å². The summed E-state index contributed by atoms with van der Waals surface area (Å²) in [5.41, 5.74) is 0.424. The molecule has 0 aliphatic rings. The number of alkyl halides is 3. The maximum Gasteiger partial charge on any atom is 0.411 e. The molecule has 0 amide bonds. The van der Waals surface area contributed by atoms with Crippen molar-refractivity contribution in [3.63, 3.8) is 0 Å². The molecule has 1 atom stereocenters. The summed E-state index contributed by atoms with van der Waals surface area (Å²) in [5.74, 6) is -0.386. The third-order valence-electron chi connectivity index (χ3n) is 2.79. The van der Waals surface area contributed by atoms with Gasteiger partial charge in [0, 0.05) is 22.7 Å². The molecule has 0 aliphatic heterocycles. The zero-order valence-electron chi connectivity index (χ0n) is 11.6. The largest absolute Gasteiger partial charge is 0.411 e. The van der Waals surface area contributed by atoms with Gasteiger partial charge in [-0.2, -0.15) is 13.2 Å². The highest BCUT2D eigenvalue weighted by Gasteiger charge is 2.27. The zero-order chi connectivity index (χ0) is 15.9. The lowest BCUT2D eigenvalue weighted by molar-refractivity contribution is -0.174. The van der Waals surface area contributed by atoms with Crippen molar-refractivity contribution in [2.75, 3.05) is 19.8 Å². The van der Waals surface area contributed by atoms with Gasteiger partial charge in [-0.05, 0) is 37.6 Å². The van der Waals surface area contributed by atoms with E-state index < -0.39 is 12.8 Å². The Morgan fingerprint density at radius 2 is 2.05 bits per heavy atom. The lowest BCUT2D eigenvalue weighted by atomic mass is 10.0. The van der Waals surface area contributed by atoms with E-state index in [0.717, 1.165) is 10.9 Å². The molecular weight excluding hydrogens is 354 g/mol. The molecule has 1 aromatic rings. The number of hydrogen-bond donors (Lipinski definition) is 1. The van der Waals surface area contributed by atoms with Crippen LogP contribution in [0, 0.1) is 5.82 Å². The van der Waals surface area contributed by atoms with Gasteiger partial charge in [0.25, 0.3) is 0 Å². The first kappa shape index (κ1) is 18.4. The van der Waals surface area contributed by atoms with E-state index >= 15 is 0 Å². The average Bonchev–Trinajstić information content (AvgIpc) is 2.40. The number of rotatable bonds is 8. The number of halogens is 5. The molecule has 1 aromatic carbocycles. The maximum absolute atomic E-state index is 13.9. The summed E-state index contributed by atoms with van der Waals surface area (Å²) >= 11 is 3.27. The molecule has 21 heavy (non-hydrogen) atoms. The molecule has 0 aliphatic carbocycles. The van der Waals surface area contributed by atoms with Crippen LogP contribution in [-0.2, 0) is 4.74 Å². The second-order valence-corrected chi connectivity index (χ2v) is 5.54. The van der Waals surface area contributed by atoms with E-state index in [1.54, 1.807) is 12.1 Å². The van der Waals surface area contributed by atoms with Gasteiger partial charge in [-0.1, -0.05) is 22.9 Å². The van der Waals surface area contributed by atoms with E-state index in [0.29, 0.717) is 12.1 Å². The molecule has 0 radical (unpaired) electrons. The van der Waals surface area contributed by atoms with Crippen molar-refractivity contribution in [3.05, 3.63) is 34.1 Å². The van der Waals surface area contributed by atoms with Crippen molar-refractivity contribution >= 4 is 15.9 Å². The zero-order valence-corrected chi connectivity index (χ0v) is 13.2. The first-order chi connectivity index (χ1) is 9.83. The molecule has 0 bridgehead atoms. The number of benzene rings is 1. The van der Waals surface area contributed by atoms with E-state index in [-0.39, 0.29) is 24.9 Å². The van der Waals surface area contributed by atoms with Crippen LogP contribution >= 0.6 is 15.9 Å². The first-order valence-electron chi connectivity index (χ1n) is 6.66. The fourth-order valence-corrected chi connectivity index (χ4v) is 2.24. The van der Waals surface area contributed by atoms with Gasteiger partial charge < -0.3 is 10.1 Å². The molecule has 0 spiro atoms. The summed E-state index contributed by atoms with van der Waals surface area (Å²) in [6.07, 6.45) is -3.23. The molecule has 0 saturated carbocycles. The van der Waals surface area contributed by atoms with E-state index in [1.807, 2.05) is 6.92 Å². The van der Waals surface area contributed by atoms with Crippen molar-refractivity contribution in [2.24, 2.45) is 0 Å². The molecule has 0 saturated heterocycles. The van der Waals surface area contributed by atoms with Gasteiger partial charge in [-0.15, -0.1) is 0 Å². The Bertz CT molecular complexity index is 439. The maximum atomic E-state index is 13.9. The molecule has 1 unspecified atom stereocenters. The van der Waals surface area contributed by atoms with Crippen LogP contribution in [0.1, 0.15) is 31.4 Å². The Morgan fingerprint density at radius 3 is 2.67 bits per heavy atom. The van der Waals surface area contributed by atoms with E-state index in [9.17, 15) is 17.6 Å². The monoisotopic (exact) mass is 371 g/mol. The summed E-state index contributed by atoms with van der Waals surface area (Å²) in [5, 5.41) is 3.13. The minimum Gasteiger partial charge on any atom is -0.372 e. The Hall–Kier alpha value is -0.660. The van der Waals surface area contributed by atoms with Crippen LogP contribution in [0.25, 0.3) is 0 Å². The average molecular weight is 372 g/mol. The molecule has 120 valence electrons. The van der Waals surface area contributed by atoms with Gasteiger partial charge in [0.1, 0.15) is 12.4 Å². The van der Waals surface area contributed by atoms with Crippen LogP contribution in [-0.4, -0.2) is 25.9 Å². The SMILES string of the molecule is CCCNC(CCOCC(F)(F)F)c1cc(Br)ccc1F. The van der Waals surface area contributed by atoms with Gasteiger partial charge in [-0.25, -0.2) is 4.39 Å². The van der Waals surface area contributed by atoms with Gasteiger partial charge in [-0.3, -0.25) is 0 Å². The Balaban J connectivity index is 2.65. The topological polar surface area (TPSA) is 21.3 Å². The molecule has 0 heterocycles. The predicted molar refractivity (Wildman–Crippen MR) is 76.6 cm³/mol. The Morgan fingerprint density at radius 1 is 1.33 bits per heavy atom. The lowest BCUT2D eigenvalue weighted by Gasteiger charge is -2.20. The van der Waals surface area contributed by atoms with Crippen LogP contribution in [0.4, 0.5) is 17.6 Å². The number of ether oxygens (including phenoxy) is 1. The summed E-state index contributed by atoms with van der Waals surface area (Å²) in [6.45, 7) is 1.23. The van der Waals surface area contributed by atoms with Gasteiger partial charge in [0.15, 0.2) is 0 Å². The third-order valence-corrected chi connectivity index (χ3v) is 3.28. The molecule has 0 aromatic heterocycles. The summed E-state index contributed by atoms with van der Waals surface area (Å²) in [7, 11) is 0. The quantitative estimate of drug-likeness (QED) is 0.532. The first-order valence-corrected chi connectivity index (χ1v) is 7.45. The Kier molecular flexibility index (Phi) is 7.62. The van der Waals surface area contributed by atoms with Crippen LogP contribution in [0.2, 0.25) is 0 Å². The summed E-state index contributed by atoms with van der Waals surface area (Å²) in [6, 6.07) is 4.16. The van der Waals surface area contributed by atoms with Crippen LogP contribution < -0.4 is 5.32 Å². The van der Waals surface area contributed by atoms with Crippen molar-refractivity contribution in [2.45, 2.75) is 32.0 Å². The minimum atomic E-state index is -4.34. The van der Waals surface area contributed by atoms with Gasteiger partial charge >= 0.3 is 6.18 Å². The molecule has 0 fully saturated rings. The smallest absolute Gasteiger partial charge is 0.372 e. The van der Waals surface area contributed by atoms with E-state index in [2.05, 4.69) is 26.0 Å². The normalized spacial score (nSPS) is 13.4. The second-order valence-electron chi connectivity index (χ2n) is 4.63. The fraction of sp³-hybridized carbons (Fsp3) is 0.571. The van der Waals surface area contributed by atoms with Crippen molar-refractivity contribution in [3.8, 4) is 0 Å². The second kappa shape index (κ2) is 8.70. The van der Waals surface area contributed by atoms with E-state index in [1.165, 1.54) is 6.07 Å². The summed E-state index contributed by atoms with van der Waals surface area (Å²) < 4.78 is 55.2. The van der Waals surface area contributed by atoms with Crippen LogP contribution in [0.5, 0.6) is 0 Å². The highest BCUT2D eigenvalue weighted by Crippen LogP contribution is 2.24. The molecule has 1 N–H and O–H groups in total. The molecule has 2 nitrogen and oxygen atoms in total. The van der Waals surface area contributed by atoms with Gasteiger partial charge in [0.2, 0.25) is 0 Å². The number of nitrogens with one attached hydrogen (secondary N) is 1. The van der Waals surface area contributed by atoms with Crippen molar-refractivity contribution in [1.82, 2.24) is 5.32 Å². The number of hydrogen-bond acceptors (Lipinski definition) is 2. The highest BCUT2D eigenvalue weighted by molar-refractivity contribution is 9.10. The molecule has 1 rings (SSSR count). The summed E-state index contributed by atoms with van der Waals surface area (Å²) in [4.78, 5) is 0. The molecule has 7 heteroatoms. The minimum absolute atomic E-state index is 0.0904. The lowest BCUT2D eigenvalue weighted by Crippen LogP contribution is -2.25. The third kappa shape index (κ3) is 7.24. The highest BCUT2D eigenvalue weighted by atomic mass is 79.9. The van der Waals surface area contributed by atoms with Gasteiger partial charge in [0.05, 0.1) is 0 Å². The van der Waals surface area contributed by atoms with E-state index in [4.69, 9.17) is 0 Å². The van der Waals surface area contributed by atoms with Crippen LogP contribution in [0.3, 0.4) is 0 Å². The van der Waals surface area contributed by atoms with Crippen LogP contribution in [0.15, 0.2) is 22.7 Å². The Labute approximate surface area is 130 Å². The van der Waals surface area contributed by atoms with Crippen molar-refractivity contribution in [1.29, 1.82) is 0 Å². The predicted octanol–water partition coefficient (Wildman–Crippen LogP) is 4.60.